The van der Waals surface area contributed by atoms with E-state index in [1.165, 1.54) is 0 Å². The van der Waals surface area contributed by atoms with Gasteiger partial charge in [-0.3, -0.25) is 4.79 Å². The number of ether oxygens (including phenoxy) is 1. The first-order valence-electron chi connectivity index (χ1n) is 7.25. The van der Waals surface area contributed by atoms with Crippen molar-refractivity contribution < 1.29 is 4.74 Å². The fourth-order valence-corrected chi connectivity index (χ4v) is 2.45. The number of nitrogens with zero attached hydrogens (tertiary/aromatic N) is 1. The summed E-state index contributed by atoms with van der Waals surface area (Å²) in [5, 5.41) is 3.34. The lowest BCUT2D eigenvalue weighted by Crippen LogP contribution is -2.21. The number of aromatic nitrogens is 1. The Kier molecular flexibility index (Phi) is 4.88. The predicted octanol–water partition coefficient (Wildman–Crippen LogP) is 2.39. The molecule has 0 bridgehead atoms. The maximum absolute atomic E-state index is 11.8. The van der Waals surface area contributed by atoms with Crippen molar-refractivity contribution in [1.82, 2.24) is 4.57 Å². The van der Waals surface area contributed by atoms with Crippen LogP contribution in [0.4, 0.5) is 11.4 Å². The molecule has 0 radical (unpaired) electrons. The van der Waals surface area contributed by atoms with Crippen molar-refractivity contribution in [1.29, 1.82) is 0 Å². The van der Waals surface area contributed by atoms with Crippen LogP contribution in [0.1, 0.15) is 12.5 Å². The Hall–Kier alpha value is -2.27. The van der Waals surface area contributed by atoms with Gasteiger partial charge < -0.3 is 20.4 Å². The molecule has 0 fully saturated rings. The number of pyridine rings is 1. The third-order valence-corrected chi connectivity index (χ3v) is 3.57. The molecule has 2 aromatic rings. The third kappa shape index (κ3) is 3.49. The van der Waals surface area contributed by atoms with Crippen molar-refractivity contribution in [3.05, 3.63) is 46.4 Å². The molecule has 1 atom stereocenters. The zero-order valence-corrected chi connectivity index (χ0v) is 13.5. The summed E-state index contributed by atoms with van der Waals surface area (Å²) in [6.07, 6.45) is 1.84. The summed E-state index contributed by atoms with van der Waals surface area (Å²) in [5.41, 5.74) is 10.3. The lowest BCUT2D eigenvalue weighted by molar-refractivity contribution is 0.190. The summed E-state index contributed by atoms with van der Waals surface area (Å²) in [7, 11) is 3.43. The van der Waals surface area contributed by atoms with Crippen LogP contribution in [0.3, 0.4) is 0 Å². The highest BCUT2D eigenvalue weighted by atomic mass is 16.5. The molecule has 0 aliphatic rings. The molecular formula is C17H23N3O2. The molecule has 1 heterocycles. The maximum atomic E-state index is 11.8. The molecule has 1 aromatic heterocycles. The Bertz CT molecular complexity index is 696. The van der Waals surface area contributed by atoms with E-state index >= 15 is 0 Å². The van der Waals surface area contributed by atoms with Crippen LogP contribution in [-0.2, 0) is 11.8 Å². The molecule has 1 unspecified atom stereocenters. The smallest absolute Gasteiger partial charge is 0.253 e. The Morgan fingerprint density at radius 1 is 1.32 bits per heavy atom. The molecule has 0 amide bonds. The van der Waals surface area contributed by atoms with Crippen molar-refractivity contribution in [2.24, 2.45) is 7.05 Å². The van der Waals surface area contributed by atoms with Gasteiger partial charge in [-0.15, -0.1) is 0 Å². The second kappa shape index (κ2) is 6.66. The van der Waals surface area contributed by atoms with Crippen LogP contribution in [0.25, 0.3) is 11.1 Å². The van der Waals surface area contributed by atoms with Crippen molar-refractivity contribution in [2.45, 2.75) is 19.9 Å². The molecule has 0 aliphatic heterocycles. The Balaban J connectivity index is 2.39. The molecule has 0 aliphatic carbocycles. The summed E-state index contributed by atoms with van der Waals surface area (Å²) >= 11 is 0. The summed E-state index contributed by atoms with van der Waals surface area (Å²) in [4.78, 5) is 11.8. The van der Waals surface area contributed by atoms with Gasteiger partial charge in [-0.05, 0) is 43.2 Å². The van der Waals surface area contributed by atoms with E-state index in [0.29, 0.717) is 12.3 Å². The number of nitrogens with two attached hydrogens (primary N) is 1. The number of methoxy groups -OCH3 is 1. The van der Waals surface area contributed by atoms with Crippen LogP contribution in [-0.4, -0.2) is 24.3 Å². The highest BCUT2D eigenvalue weighted by Gasteiger charge is 2.08. The van der Waals surface area contributed by atoms with Gasteiger partial charge in [-0.2, -0.15) is 0 Å². The van der Waals surface area contributed by atoms with Crippen molar-refractivity contribution in [3.8, 4) is 11.1 Å². The van der Waals surface area contributed by atoms with Gasteiger partial charge in [0.05, 0.1) is 18.0 Å². The van der Waals surface area contributed by atoms with Gasteiger partial charge in [0.25, 0.3) is 5.56 Å². The van der Waals surface area contributed by atoms with Crippen molar-refractivity contribution in [3.63, 3.8) is 0 Å². The minimum Gasteiger partial charge on any atom is -0.397 e. The van der Waals surface area contributed by atoms with Crippen LogP contribution in [0.15, 0.2) is 35.3 Å². The van der Waals surface area contributed by atoms with E-state index in [-0.39, 0.29) is 11.6 Å². The average Bonchev–Trinajstić information content (AvgIpc) is 2.47. The number of hydrogen-bond acceptors (Lipinski definition) is 4. The molecule has 0 saturated heterocycles. The van der Waals surface area contributed by atoms with Crippen LogP contribution in [0.2, 0.25) is 0 Å². The normalized spacial score (nSPS) is 12.2. The van der Waals surface area contributed by atoms with Crippen LogP contribution in [0.5, 0.6) is 0 Å². The first-order chi connectivity index (χ1) is 10.4. The second-order valence-corrected chi connectivity index (χ2v) is 5.63. The Labute approximate surface area is 130 Å². The van der Waals surface area contributed by atoms with E-state index in [1.54, 1.807) is 18.7 Å². The highest BCUT2D eigenvalue weighted by Crippen LogP contribution is 2.27. The quantitative estimate of drug-likeness (QED) is 0.832. The lowest BCUT2D eigenvalue weighted by Gasteiger charge is -2.17. The fourth-order valence-electron chi connectivity index (χ4n) is 2.45. The summed E-state index contributed by atoms with van der Waals surface area (Å²) in [6.45, 7) is 4.46. The Morgan fingerprint density at radius 3 is 2.68 bits per heavy atom. The van der Waals surface area contributed by atoms with Gasteiger partial charge in [-0.1, -0.05) is 6.07 Å². The minimum absolute atomic E-state index is 0.0197. The van der Waals surface area contributed by atoms with E-state index < -0.39 is 0 Å². The number of nitrogens with one attached hydrogen (secondary N) is 1. The summed E-state index contributed by atoms with van der Waals surface area (Å²) in [6, 6.07) is 7.89. The summed E-state index contributed by atoms with van der Waals surface area (Å²) in [5.74, 6) is 0. The number of aryl methyl sites for hydroxylation is 2. The number of rotatable bonds is 5. The van der Waals surface area contributed by atoms with Crippen LogP contribution < -0.4 is 16.6 Å². The van der Waals surface area contributed by atoms with Crippen LogP contribution in [0, 0.1) is 6.92 Å². The highest BCUT2D eigenvalue weighted by molar-refractivity contribution is 5.76. The first kappa shape index (κ1) is 16.1. The van der Waals surface area contributed by atoms with Gasteiger partial charge >= 0.3 is 0 Å². The number of hydrogen-bond donors (Lipinski definition) is 2. The fraction of sp³-hybridized carbons (Fsp3) is 0.353. The van der Waals surface area contributed by atoms with E-state index in [0.717, 1.165) is 22.4 Å². The molecule has 2 rings (SSSR count). The van der Waals surface area contributed by atoms with Gasteiger partial charge in [0.1, 0.15) is 0 Å². The van der Waals surface area contributed by atoms with E-state index in [1.807, 2.05) is 44.3 Å². The molecule has 22 heavy (non-hydrogen) atoms. The molecule has 0 saturated carbocycles. The van der Waals surface area contributed by atoms with Gasteiger partial charge in [0.15, 0.2) is 0 Å². The lowest BCUT2D eigenvalue weighted by atomic mass is 10.0. The molecule has 3 N–H and O–H groups in total. The SMILES string of the molecule is COCC(C)Nc1cc(-c2cc(C)c(=O)n(C)c2)ccc1N. The van der Waals surface area contributed by atoms with E-state index in [2.05, 4.69) is 5.32 Å². The largest absolute Gasteiger partial charge is 0.397 e. The number of nitrogen functional groups attached to an aromatic ring is 1. The molecule has 5 heteroatoms. The monoisotopic (exact) mass is 301 g/mol. The summed E-state index contributed by atoms with van der Waals surface area (Å²) < 4.78 is 6.73. The molecule has 5 nitrogen and oxygen atoms in total. The number of anilines is 2. The van der Waals surface area contributed by atoms with Crippen molar-refractivity contribution >= 4 is 11.4 Å². The third-order valence-electron chi connectivity index (χ3n) is 3.57. The second-order valence-electron chi connectivity index (χ2n) is 5.63. The van der Waals surface area contributed by atoms with Gasteiger partial charge in [0, 0.05) is 32.0 Å². The Morgan fingerprint density at radius 2 is 2.05 bits per heavy atom. The predicted molar refractivity (Wildman–Crippen MR) is 91.2 cm³/mol. The van der Waals surface area contributed by atoms with Crippen molar-refractivity contribution in [2.75, 3.05) is 24.8 Å². The molecular weight excluding hydrogens is 278 g/mol. The van der Waals surface area contributed by atoms with E-state index in [9.17, 15) is 4.79 Å². The van der Waals surface area contributed by atoms with Crippen LogP contribution >= 0.6 is 0 Å². The van der Waals surface area contributed by atoms with Gasteiger partial charge in [-0.25, -0.2) is 0 Å². The molecule has 118 valence electrons. The average molecular weight is 301 g/mol. The topological polar surface area (TPSA) is 69.3 Å². The zero-order valence-electron chi connectivity index (χ0n) is 13.5. The van der Waals surface area contributed by atoms with Gasteiger partial charge in [0.2, 0.25) is 0 Å². The number of benzene rings is 1. The molecule has 0 spiro atoms. The molecule has 1 aromatic carbocycles. The minimum atomic E-state index is 0.0197. The maximum Gasteiger partial charge on any atom is 0.253 e. The zero-order chi connectivity index (χ0) is 16.3. The van der Waals surface area contributed by atoms with E-state index in [4.69, 9.17) is 10.5 Å². The first-order valence-corrected chi connectivity index (χ1v) is 7.25. The standard InChI is InChI=1S/C17H23N3O2/c1-11-7-14(9-20(3)17(11)21)13-5-6-15(18)16(8-13)19-12(2)10-22-4/h5-9,12,19H,10,18H2,1-4H3.